The summed E-state index contributed by atoms with van der Waals surface area (Å²) in [5.74, 6) is 0.191. The van der Waals surface area contributed by atoms with Crippen molar-refractivity contribution in [3.05, 3.63) is 16.5 Å². The number of thiophene rings is 1. The van der Waals surface area contributed by atoms with Crippen LogP contribution in [0.3, 0.4) is 0 Å². The Hall–Kier alpha value is -0.830. The first kappa shape index (κ1) is 13.2. The monoisotopic (exact) mass is 239 g/mol. The molecule has 0 aromatic carbocycles. The molecule has 16 heavy (non-hydrogen) atoms. The van der Waals surface area contributed by atoms with Gasteiger partial charge in [0.05, 0.1) is 10.6 Å². The molecule has 2 N–H and O–H groups in total. The van der Waals surface area contributed by atoms with Crippen molar-refractivity contribution in [3.63, 3.8) is 0 Å². The average Bonchev–Trinajstić information content (AvgIpc) is 2.59. The third kappa shape index (κ3) is 3.34. The van der Waals surface area contributed by atoms with Crippen LogP contribution in [-0.2, 0) is 6.42 Å². The molecule has 0 saturated carbocycles. The van der Waals surface area contributed by atoms with Gasteiger partial charge in [0.1, 0.15) is 0 Å². The van der Waals surface area contributed by atoms with E-state index in [1.165, 1.54) is 24.1 Å². The van der Waals surface area contributed by atoms with E-state index in [0.29, 0.717) is 5.00 Å². The first-order valence-electron chi connectivity index (χ1n) is 5.98. The molecule has 2 nitrogen and oxygen atoms in total. The highest BCUT2D eigenvalue weighted by Crippen LogP contribution is 2.28. The normalized spacial score (nSPS) is 11.0. The molecule has 0 amide bonds. The summed E-state index contributed by atoms with van der Waals surface area (Å²) in [6, 6.07) is 1.98. The molecular formula is C13H21NOS. The van der Waals surface area contributed by atoms with E-state index in [0.717, 1.165) is 12.0 Å². The van der Waals surface area contributed by atoms with Crippen molar-refractivity contribution >= 4 is 22.1 Å². The van der Waals surface area contributed by atoms with E-state index in [2.05, 4.69) is 6.92 Å². The molecule has 0 aliphatic carbocycles. The predicted molar refractivity (Wildman–Crippen MR) is 71.1 cm³/mol. The van der Waals surface area contributed by atoms with Crippen LogP contribution in [0.15, 0.2) is 6.07 Å². The lowest BCUT2D eigenvalue weighted by Gasteiger charge is -2.01. The van der Waals surface area contributed by atoms with Gasteiger partial charge >= 0.3 is 0 Å². The number of unbranched alkanes of at least 4 members (excludes halogenated alkanes) is 2. The minimum atomic E-state index is 0.0281. The third-order valence-corrected chi connectivity index (χ3v) is 3.65. The summed E-state index contributed by atoms with van der Waals surface area (Å²) in [6.07, 6.45) is 4.70. The maximum atomic E-state index is 11.8. The topological polar surface area (TPSA) is 43.1 Å². The zero-order chi connectivity index (χ0) is 12.1. The number of nitrogen functional groups attached to an aromatic ring is 1. The number of aryl methyl sites for hydroxylation is 1. The van der Waals surface area contributed by atoms with Crippen molar-refractivity contribution in [3.8, 4) is 0 Å². The maximum absolute atomic E-state index is 11.8. The van der Waals surface area contributed by atoms with Gasteiger partial charge < -0.3 is 5.73 Å². The smallest absolute Gasteiger partial charge is 0.168 e. The van der Waals surface area contributed by atoms with Crippen LogP contribution in [-0.4, -0.2) is 5.78 Å². The second kappa shape index (κ2) is 6.04. The molecular weight excluding hydrogens is 218 g/mol. The summed E-state index contributed by atoms with van der Waals surface area (Å²) in [5, 5.41) is 0.685. The molecule has 1 aromatic heterocycles. The molecule has 0 fully saturated rings. The lowest BCUT2D eigenvalue weighted by Crippen LogP contribution is -2.08. The third-order valence-electron chi connectivity index (χ3n) is 2.63. The van der Waals surface area contributed by atoms with E-state index in [9.17, 15) is 4.79 Å². The zero-order valence-corrected chi connectivity index (χ0v) is 11.2. The first-order valence-corrected chi connectivity index (χ1v) is 6.80. The Bertz CT molecular complexity index is 355. The van der Waals surface area contributed by atoms with Gasteiger partial charge in [0.15, 0.2) is 5.78 Å². The fourth-order valence-electron chi connectivity index (χ4n) is 1.63. The number of Topliss-reactive ketones (excluding diaryl/α,β-unsaturated/α-hetero) is 1. The van der Waals surface area contributed by atoms with Crippen LogP contribution in [0.1, 0.15) is 55.3 Å². The molecule has 0 unspecified atom stereocenters. The van der Waals surface area contributed by atoms with Crippen molar-refractivity contribution < 1.29 is 4.79 Å². The first-order chi connectivity index (χ1) is 7.56. The maximum Gasteiger partial charge on any atom is 0.168 e. The molecule has 1 heterocycles. The number of carbonyl (C=O) groups is 1. The Morgan fingerprint density at radius 1 is 1.44 bits per heavy atom. The molecule has 3 heteroatoms. The van der Waals surface area contributed by atoms with Crippen molar-refractivity contribution in [1.82, 2.24) is 0 Å². The van der Waals surface area contributed by atoms with E-state index >= 15 is 0 Å². The minimum Gasteiger partial charge on any atom is -0.390 e. The number of ketones is 1. The number of hydrogen-bond acceptors (Lipinski definition) is 3. The Morgan fingerprint density at radius 2 is 2.12 bits per heavy atom. The summed E-state index contributed by atoms with van der Waals surface area (Å²) in [6.45, 7) is 6.02. The summed E-state index contributed by atoms with van der Waals surface area (Å²) >= 11 is 1.57. The second-order valence-corrected chi connectivity index (χ2v) is 5.64. The quantitative estimate of drug-likeness (QED) is 0.604. The Kier molecular flexibility index (Phi) is 5.00. The fraction of sp³-hybridized carbons (Fsp3) is 0.615. The van der Waals surface area contributed by atoms with Crippen LogP contribution in [0.4, 0.5) is 5.00 Å². The van der Waals surface area contributed by atoms with Crippen molar-refractivity contribution in [2.75, 3.05) is 5.73 Å². The lowest BCUT2D eigenvalue weighted by atomic mass is 10.0. The highest BCUT2D eigenvalue weighted by molar-refractivity contribution is 7.16. The van der Waals surface area contributed by atoms with Gasteiger partial charge in [-0.1, -0.05) is 33.6 Å². The predicted octanol–water partition coefficient (Wildman–Crippen LogP) is 3.90. The van der Waals surface area contributed by atoms with Crippen LogP contribution in [0.25, 0.3) is 0 Å². The van der Waals surface area contributed by atoms with E-state index in [4.69, 9.17) is 5.73 Å². The minimum absolute atomic E-state index is 0.0281. The summed E-state index contributed by atoms with van der Waals surface area (Å²) in [4.78, 5) is 13.1. The summed E-state index contributed by atoms with van der Waals surface area (Å²) < 4.78 is 0. The molecule has 1 aromatic rings. The standard InChI is InChI=1S/C13H21NOS/c1-4-5-6-7-10-8-11(13(14)16-10)12(15)9(2)3/h8-9H,4-7,14H2,1-3H3. The Morgan fingerprint density at radius 3 is 2.69 bits per heavy atom. The molecule has 0 radical (unpaired) electrons. The Balaban J connectivity index is 2.70. The lowest BCUT2D eigenvalue weighted by molar-refractivity contribution is 0.0940. The number of anilines is 1. The fourth-order valence-corrected chi connectivity index (χ4v) is 2.61. The summed E-state index contributed by atoms with van der Waals surface area (Å²) in [7, 11) is 0. The highest BCUT2D eigenvalue weighted by Gasteiger charge is 2.16. The van der Waals surface area contributed by atoms with Gasteiger partial charge in [0.2, 0.25) is 0 Å². The number of hydrogen-bond donors (Lipinski definition) is 1. The molecule has 0 aliphatic heterocycles. The molecule has 0 aliphatic rings. The van der Waals surface area contributed by atoms with Crippen molar-refractivity contribution in [2.24, 2.45) is 5.92 Å². The van der Waals surface area contributed by atoms with E-state index in [-0.39, 0.29) is 11.7 Å². The second-order valence-electron chi connectivity index (χ2n) is 4.47. The van der Waals surface area contributed by atoms with Gasteiger partial charge in [0, 0.05) is 10.8 Å². The molecule has 0 bridgehead atoms. The van der Waals surface area contributed by atoms with Crippen molar-refractivity contribution in [2.45, 2.75) is 46.5 Å². The van der Waals surface area contributed by atoms with E-state index < -0.39 is 0 Å². The molecule has 90 valence electrons. The van der Waals surface area contributed by atoms with Gasteiger partial charge in [0.25, 0.3) is 0 Å². The molecule has 0 spiro atoms. The van der Waals surface area contributed by atoms with Crippen LogP contribution in [0.5, 0.6) is 0 Å². The Labute approximate surface area is 102 Å². The van der Waals surface area contributed by atoms with Crippen molar-refractivity contribution in [1.29, 1.82) is 0 Å². The molecule has 0 atom stereocenters. The van der Waals surface area contributed by atoms with Gasteiger partial charge in [-0.05, 0) is 18.9 Å². The van der Waals surface area contributed by atoms with Crippen LogP contribution >= 0.6 is 11.3 Å². The van der Waals surface area contributed by atoms with Gasteiger partial charge in [-0.15, -0.1) is 11.3 Å². The SMILES string of the molecule is CCCCCc1cc(C(=O)C(C)C)c(N)s1. The molecule has 0 saturated heterocycles. The van der Waals surface area contributed by atoms with Gasteiger partial charge in [-0.25, -0.2) is 0 Å². The van der Waals surface area contributed by atoms with E-state index in [1.807, 2.05) is 19.9 Å². The van der Waals surface area contributed by atoms with Gasteiger partial charge in [-0.3, -0.25) is 4.79 Å². The largest absolute Gasteiger partial charge is 0.390 e. The number of nitrogens with two attached hydrogens (primary N) is 1. The van der Waals surface area contributed by atoms with Crippen LogP contribution in [0, 0.1) is 5.92 Å². The molecule has 1 rings (SSSR count). The van der Waals surface area contributed by atoms with E-state index in [1.54, 1.807) is 11.3 Å². The van der Waals surface area contributed by atoms with Crippen LogP contribution in [0.2, 0.25) is 0 Å². The van der Waals surface area contributed by atoms with Crippen LogP contribution < -0.4 is 5.73 Å². The highest BCUT2D eigenvalue weighted by atomic mass is 32.1. The number of carbonyl (C=O) groups excluding carboxylic acids is 1. The average molecular weight is 239 g/mol. The van der Waals surface area contributed by atoms with Gasteiger partial charge in [-0.2, -0.15) is 0 Å². The zero-order valence-electron chi connectivity index (χ0n) is 10.4. The summed E-state index contributed by atoms with van der Waals surface area (Å²) in [5.41, 5.74) is 6.61. The number of rotatable bonds is 6.